The van der Waals surface area contributed by atoms with Crippen molar-refractivity contribution in [3.8, 4) is 5.75 Å². The van der Waals surface area contributed by atoms with Crippen LogP contribution < -0.4 is 15.4 Å². The molecule has 1 aromatic heterocycles. The van der Waals surface area contributed by atoms with E-state index in [1.807, 2.05) is 25.1 Å². The van der Waals surface area contributed by atoms with Crippen LogP contribution in [-0.2, 0) is 13.1 Å². The summed E-state index contributed by atoms with van der Waals surface area (Å²) in [6.45, 7) is 1.02. The topological polar surface area (TPSA) is 96.6 Å². The highest BCUT2D eigenvalue weighted by molar-refractivity contribution is 5.79. The molecule has 0 saturated heterocycles. The Morgan fingerprint density at radius 3 is 2.62 bits per heavy atom. The molecular weight excluding hydrogens is 418 g/mol. The lowest BCUT2D eigenvalue weighted by atomic mass is 10.1. The highest BCUT2D eigenvalue weighted by Gasteiger charge is 2.10. The number of guanidine groups is 1. The molecule has 0 fully saturated rings. The van der Waals surface area contributed by atoms with Crippen LogP contribution in [-0.4, -0.2) is 45.5 Å². The number of benzene rings is 2. The molecule has 3 rings (SSSR count). The molecule has 170 valence electrons. The van der Waals surface area contributed by atoms with Gasteiger partial charge in [-0.25, -0.2) is 14.7 Å². The fourth-order valence-electron chi connectivity index (χ4n) is 3.02. The molecule has 0 amide bonds. The monoisotopic (exact) mass is 444 g/mol. The van der Waals surface area contributed by atoms with E-state index in [1.54, 1.807) is 23.1 Å². The van der Waals surface area contributed by atoms with Crippen LogP contribution in [0.3, 0.4) is 0 Å². The number of alkyl halides is 2. The van der Waals surface area contributed by atoms with Crippen LogP contribution in [0.25, 0.3) is 0 Å². The molecule has 0 saturated carbocycles. The molecule has 10 heteroatoms. The summed E-state index contributed by atoms with van der Waals surface area (Å²) in [5.74, 6) is 0.607. The maximum absolute atomic E-state index is 12.3. The molecule has 3 aromatic rings. The molecule has 1 atom stereocenters. The molecule has 0 aliphatic heterocycles. The Bertz CT molecular complexity index is 980. The first-order valence-corrected chi connectivity index (χ1v) is 10.2. The Balaban J connectivity index is 1.56. The number of ether oxygens (including phenoxy) is 1. The van der Waals surface area contributed by atoms with Gasteiger partial charge < -0.3 is 20.5 Å². The molecule has 1 heterocycles. The molecule has 0 radical (unpaired) electrons. The summed E-state index contributed by atoms with van der Waals surface area (Å²) in [6, 6.07) is 14.0. The van der Waals surface area contributed by atoms with Crippen LogP contribution in [0.2, 0.25) is 0 Å². The molecule has 0 spiro atoms. The van der Waals surface area contributed by atoms with E-state index in [4.69, 9.17) is 0 Å². The Labute approximate surface area is 185 Å². The minimum atomic E-state index is -2.88. The van der Waals surface area contributed by atoms with Gasteiger partial charge in [0.25, 0.3) is 0 Å². The summed E-state index contributed by atoms with van der Waals surface area (Å²) < 4.78 is 30.6. The molecule has 3 N–H and O–H groups in total. The summed E-state index contributed by atoms with van der Waals surface area (Å²) in [5, 5.41) is 20.8. The van der Waals surface area contributed by atoms with Gasteiger partial charge in [0.1, 0.15) is 18.4 Å². The molecule has 0 aliphatic carbocycles. The summed E-state index contributed by atoms with van der Waals surface area (Å²) >= 11 is 0. The zero-order chi connectivity index (χ0) is 22.8. The first kappa shape index (κ1) is 23.1. The van der Waals surface area contributed by atoms with E-state index in [0.717, 1.165) is 11.1 Å². The Hall–Kier alpha value is -3.53. The number of aliphatic hydroxyl groups is 1. The first-order valence-electron chi connectivity index (χ1n) is 10.2. The van der Waals surface area contributed by atoms with Crippen molar-refractivity contribution in [1.82, 2.24) is 25.4 Å². The van der Waals surface area contributed by atoms with Crippen LogP contribution in [0, 0.1) is 0 Å². The Morgan fingerprint density at radius 1 is 1.16 bits per heavy atom. The van der Waals surface area contributed by atoms with Crippen LogP contribution in [0.4, 0.5) is 8.78 Å². The maximum Gasteiger partial charge on any atom is 0.387 e. The van der Waals surface area contributed by atoms with E-state index in [0.29, 0.717) is 31.2 Å². The molecule has 0 aliphatic rings. The third-order valence-electron chi connectivity index (χ3n) is 4.52. The van der Waals surface area contributed by atoms with Gasteiger partial charge in [0.05, 0.1) is 19.2 Å². The van der Waals surface area contributed by atoms with Gasteiger partial charge in [0.2, 0.25) is 0 Å². The number of nitrogens with one attached hydrogen (secondary N) is 2. The number of aromatic nitrogens is 3. The molecule has 0 bridgehead atoms. The van der Waals surface area contributed by atoms with Crippen molar-refractivity contribution in [3.63, 3.8) is 0 Å². The Morgan fingerprint density at radius 2 is 1.94 bits per heavy atom. The normalized spacial score (nSPS) is 12.6. The summed E-state index contributed by atoms with van der Waals surface area (Å²) in [4.78, 5) is 8.53. The summed E-state index contributed by atoms with van der Waals surface area (Å²) in [7, 11) is 0. The predicted molar refractivity (Wildman–Crippen MR) is 116 cm³/mol. The average Bonchev–Trinajstić information content (AvgIpc) is 3.29. The minimum absolute atomic E-state index is 0.0462. The summed E-state index contributed by atoms with van der Waals surface area (Å²) in [6.07, 6.45) is 2.33. The molecule has 1 unspecified atom stereocenters. The Kier molecular flexibility index (Phi) is 8.50. The van der Waals surface area contributed by atoms with Crippen LogP contribution >= 0.6 is 0 Å². The van der Waals surface area contributed by atoms with Crippen molar-refractivity contribution >= 4 is 5.96 Å². The lowest BCUT2D eigenvalue weighted by molar-refractivity contribution is -0.0498. The average molecular weight is 444 g/mol. The van der Waals surface area contributed by atoms with E-state index >= 15 is 0 Å². The van der Waals surface area contributed by atoms with Gasteiger partial charge in [-0.1, -0.05) is 36.4 Å². The van der Waals surface area contributed by atoms with E-state index in [-0.39, 0.29) is 12.3 Å². The predicted octanol–water partition coefficient (Wildman–Crippen LogP) is 2.72. The second-order valence-corrected chi connectivity index (χ2v) is 6.95. The van der Waals surface area contributed by atoms with Crippen LogP contribution in [0.1, 0.15) is 29.7 Å². The fourth-order valence-corrected chi connectivity index (χ4v) is 3.02. The highest BCUT2D eigenvalue weighted by Crippen LogP contribution is 2.19. The van der Waals surface area contributed by atoms with E-state index in [2.05, 4.69) is 36.5 Å². The number of aliphatic imine (C=N–C) groups is 1. The molecular formula is C22H26F2N6O2. The second-order valence-electron chi connectivity index (χ2n) is 6.95. The van der Waals surface area contributed by atoms with Gasteiger partial charge in [-0.2, -0.15) is 13.9 Å². The van der Waals surface area contributed by atoms with E-state index < -0.39 is 12.7 Å². The van der Waals surface area contributed by atoms with Crippen molar-refractivity contribution in [2.45, 2.75) is 32.7 Å². The number of rotatable bonds is 10. The van der Waals surface area contributed by atoms with Gasteiger partial charge in [-0.05, 0) is 35.7 Å². The smallest absolute Gasteiger partial charge is 0.387 e. The number of hydrogen-bond acceptors (Lipinski definition) is 5. The minimum Gasteiger partial charge on any atom is -0.435 e. The van der Waals surface area contributed by atoms with Crippen molar-refractivity contribution < 1.29 is 18.6 Å². The van der Waals surface area contributed by atoms with Crippen LogP contribution in [0.5, 0.6) is 5.75 Å². The van der Waals surface area contributed by atoms with E-state index in [9.17, 15) is 13.9 Å². The SMILES string of the molecule is CCNC(=NCc1cccc(Cn2cncn2)c1)NCC(O)c1ccc(OC(F)F)cc1. The molecule has 2 aromatic carbocycles. The standard InChI is InChI=1S/C22H26F2N6O2/c1-2-26-22(28-12-20(31)18-6-8-19(9-7-18)32-21(23)24)27-11-16-4-3-5-17(10-16)13-30-15-25-14-29-30/h3-10,14-15,20-21,31H,2,11-13H2,1H3,(H2,26,27,28). The van der Waals surface area contributed by atoms with Gasteiger partial charge in [0.15, 0.2) is 5.96 Å². The zero-order valence-electron chi connectivity index (χ0n) is 17.7. The van der Waals surface area contributed by atoms with E-state index in [1.165, 1.54) is 18.5 Å². The van der Waals surface area contributed by atoms with Gasteiger partial charge >= 0.3 is 6.61 Å². The largest absolute Gasteiger partial charge is 0.435 e. The fraction of sp³-hybridized carbons (Fsp3) is 0.318. The van der Waals surface area contributed by atoms with Gasteiger partial charge in [-0.3, -0.25) is 0 Å². The summed E-state index contributed by atoms with van der Waals surface area (Å²) in [5.41, 5.74) is 2.71. The third kappa shape index (κ3) is 7.31. The third-order valence-corrected chi connectivity index (χ3v) is 4.52. The highest BCUT2D eigenvalue weighted by atomic mass is 19.3. The second kappa shape index (κ2) is 11.8. The maximum atomic E-state index is 12.3. The number of aliphatic hydroxyl groups excluding tert-OH is 1. The zero-order valence-corrected chi connectivity index (χ0v) is 17.7. The van der Waals surface area contributed by atoms with Crippen molar-refractivity contribution in [2.75, 3.05) is 13.1 Å². The molecule has 8 nitrogen and oxygen atoms in total. The number of hydrogen-bond donors (Lipinski definition) is 3. The quantitative estimate of drug-likeness (QED) is 0.329. The lowest BCUT2D eigenvalue weighted by Gasteiger charge is -2.16. The van der Waals surface area contributed by atoms with Crippen LogP contribution in [0.15, 0.2) is 66.2 Å². The van der Waals surface area contributed by atoms with Gasteiger partial charge in [0, 0.05) is 13.1 Å². The van der Waals surface area contributed by atoms with Crippen molar-refractivity contribution in [2.24, 2.45) is 4.99 Å². The van der Waals surface area contributed by atoms with Crippen molar-refractivity contribution in [3.05, 3.63) is 77.9 Å². The number of halogens is 2. The number of nitrogens with zero attached hydrogens (tertiary/aromatic N) is 4. The van der Waals surface area contributed by atoms with Crippen molar-refractivity contribution in [1.29, 1.82) is 0 Å². The van der Waals surface area contributed by atoms with Gasteiger partial charge in [-0.15, -0.1) is 0 Å². The lowest BCUT2D eigenvalue weighted by Crippen LogP contribution is -2.39. The molecule has 32 heavy (non-hydrogen) atoms. The first-order chi connectivity index (χ1) is 15.5.